The summed E-state index contributed by atoms with van der Waals surface area (Å²) in [5.41, 5.74) is 1.04. The Balaban J connectivity index is 2.01. The topological polar surface area (TPSA) is 58.0 Å². The minimum atomic E-state index is 0.110. The summed E-state index contributed by atoms with van der Waals surface area (Å²) in [6, 6.07) is 4.01. The molecule has 0 fully saturated rings. The largest absolute Gasteiger partial charge is 0.395 e. The number of rotatable bonds is 5. The third-order valence-corrected chi connectivity index (χ3v) is 3.41. The molecule has 0 radical (unpaired) electrons. The van der Waals surface area contributed by atoms with Gasteiger partial charge in [0.2, 0.25) is 0 Å². The Morgan fingerprint density at radius 2 is 2.35 bits per heavy atom. The van der Waals surface area contributed by atoms with Crippen LogP contribution in [0.4, 0.5) is 0 Å². The number of hydrogen-bond acceptors (Lipinski definition) is 5. The molecule has 0 amide bonds. The molecule has 2 N–H and O–H groups in total. The Morgan fingerprint density at radius 3 is 3.06 bits per heavy atom. The highest BCUT2D eigenvalue weighted by Crippen LogP contribution is 2.23. The molecule has 1 atom stereocenters. The van der Waals surface area contributed by atoms with Crippen LogP contribution >= 0.6 is 11.3 Å². The van der Waals surface area contributed by atoms with Crippen molar-refractivity contribution in [2.45, 2.75) is 19.5 Å². The van der Waals surface area contributed by atoms with Gasteiger partial charge in [-0.05, 0) is 19.1 Å². The lowest BCUT2D eigenvalue weighted by Crippen LogP contribution is -2.28. The van der Waals surface area contributed by atoms with Gasteiger partial charge in [-0.2, -0.15) is 0 Å². The van der Waals surface area contributed by atoms with Gasteiger partial charge in [-0.3, -0.25) is 4.98 Å². The number of nitrogens with one attached hydrogen (secondary N) is 1. The van der Waals surface area contributed by atoms with E-state index in [1.807, 2.05) is 31.5 Å². The molecule has 4 nitrogen and oxygen atoms in total. The van der Waals surface area contributed by atoms with Gasteiger partial charge in [0.05, 0.1) is 6.61 Å². The minimum absolute atomic E-state index is 0.110. The van der Waals surface area contributed by atoms with Gasteiger partial charge in [-0.25, -0.2) is 4.98 Å². The van der Waals surface area contributed by atoms with Gasteiger partial charge < -0.3 is 10.4 Å². The van der Waals surface area contributed by atoms with Gasteiger partial charge in [0.25, 0.3) is 0 Å². The predicted molar refractivity (Wildman–Crippen MR) is 68.7 cm³/mol. The first-order valence-corrected chi connectivity index (χ1v) is 6.30. The van der Waals surface area contributed by atoms with Crippen LogP contribution in [-0.2, 0) is 6.54 Å². The van der Waals surface area contributed by atoms with E-state index in [4.69, 9.17) is 5.11 Å². The number of aromatic nitrogens is 2. The smallest absolute Gasteiger partial charge is 0.125 e. The Kier molecular flexibility index (Phi) is 4.19. The SMILES string of the molecule is C[C@@H](CO)NCc1cnc(-c2cccnc2)s1. The van der Waals surface area contributed by atoms with Crippen LogP contribution in [0, 0.1) is 0 Å². The van der Waals surface area contributed by atoms with E-state index in [0.29, 0.717) is 0 Å². The minimum Gasteiger partial charge on any atom is -0.395 e. The predicted octanol–water partition coefficient (Wildman–Crippen LogP) is 1.68. The number of pyridine rings is 1. The quantitative estimate of drug-likeness (QED) is 0.846. The van der Waals surface area contributed by atoms with E-state index < -0.39 is 0 Å². The van der Waals surface area contributed by atoms with Crippen LogP contribution < -0.4 is 5.32 Å². The Hall–Kier alpha value is -1.30. The maximum Gasteiger partial charge on any atom is 0.125 e. The van der Waals surface area contributed by atoms with Crippen molar-refractivity contribution in [1.29, 1.82) is 0 Å². The van der Waals surface area contributed by atoms with E-state index >= 15 is 0 Å². The average molecular weight is 249 g/mol. The highest BCUT2D eigenvalue weighted by Gasteiger charge is 2.05. The van der Waals surface area contributed by atoms with Gasteiger partial charge in [0, 0.05) is 41.6 Å². The maximum atomic E-state index is 8.91. The second-order valence-electron chi connectivity index (χ2n) is 3.84. The standard InChI is InChI=1S/C12H15N3OS/c1-9(8-16)14-6-11-7-15-12(17-11)10-3-2-4-13-5-10/h2-5,7,9,14,16H,6,8H2,1H3/t9-/m0/s1. The number of nitrogens with zero attached hydrogens (tertiary/aromatic N) is 2. The first kappa shape index (κ1) is 12.2. The molecule has 2 aromatic heterocycles. The van der Waals surface area contributed by atoms with E-state index in [9.17, 15) is 0 Å². The second-order valence-corrected chi connectivity index (χ2v) is 4.95. The molecule has 2 heterocycles. The first-order valence-electron chi connectivity index (χ1n) is 5.49. The lowest BCUT2D eigenvalue weighted by Gasteiger charge is -2.08. The molecule has 0 aliphatic carbocycles. The van der Waals surface area contributed by atoms with Crippen LogP contribution in [0.2, 0.25) is 0 Å². The summed E-state index contributed by atoms with van der Waals surface area (Å²) in [4.78, 5) is 9.60. The maximum absolute atomic E-state index is 8.91. The molecule has 0 saturated carbocycles. The third kappa shape index (κ3) is 3.33. The molecule has 0 unspecified atom stereocenters. The molecule has 0 aliphatic rings. The normalized spacial score (nSPS) is 12.6. The molecule has 5 heteroatoms. The fourth-order valence-corrected chi connectivity index (χ4v) is 2.20. The second kappa shape index (κ2) is 5.86. The highest BCUT2D eigenvalue weighted by atomic mass is 32.1. The van der Waals surface area contributed by atoms with Crippen molar-refractivity contribution in [1.82, 2.24) is 15.3 Å². The van der Waals surface area contributed by atoms with E-state index in [2.05, 4.69) is 15.3 Å². The fraction of sp³-hybridized carbons (Fsp3) is 0.333. The molecular formula is C12H15N3OS. The Labute approximate surface area is 104 Å². The fourth-order valence-electron chi connectivity index (χ4n) is 1.35. The van der Waals surface area contributed by atoms with Crippen LogP contribution in [-0.4, -0.2) is 27.7 Å². The van der Waals surface area contributed by atoms with Gasteiger partial charge in [-0.15, -0.1) is 11.3 Å². The summed E-state index contributed by atoms with van der Waals surface area (Å²) in [6.45, 7) is 2.83. The molecule has 90 valence electrons. The number of hydrogen-bond donors (Lipinski definition) is 2. The van der Waals surface area contributed by atoms with E-state index in [-0.39, 0.29) is 12.6 Å². The summed E-state index contributed by atoms with van der Waals surface area (Å²) >= 11 is 1.64. The van der Waals surface area contributed by atoms with Crippen LogP contribution in [0.3, 0.4) is 0 Å². The van der Waals surface area contributed by atoms with Crippen molar-refractivity contribution in [3.05, 3.63) is 35.6 Å². The zero-order valence-corrected chi connectivity index (χ0v) is 10.4. The molecule has 2 aromatic rings. The number of aliphatic hydroxyl groups is 1. The van der Waals surface area contributed by atoms with Crippen molar-refractivity contribution in [3.63, 3.8) is 0 Å². The van der Waals surface area contributed by atoms with Crippen LogP contribution in [0.1, 0.15) is 11.8 Å². The first-order chi connectivity index (χ1) is 8.29. The zero-order chi connectivity index (χ0) is 12.1. The lowest BCUT2D eigenvalue weighted by atomic mass is 10.3. The van der Waals surface area contributed by atoms with Gasteiger partial charge >= 0.3 is 0 Å². The average Bonchev–Trinajstić information content (AvgIpc) is 2.86. The summed E-state index contributed by atoms with van der Waals surface area (Å²) in [5, 5.41) is 13.1. The van der Waals surface area contributed by atoms with Crippen LogP contribution in [0.25, 0.3) is 10.6 Å². The molecule has 0 aromatic carbocycles. The van der Waals surface area contributed by atoms with Gasteiger partial charge in [0.1, 0.15) is 5.01 Å². The molecule has 0 aliphatic heterocycles. The summed E-state index contributed by atoms with van der Waals surface area (Å²) in [5.74, 6) is 0. The van der Waals surface area contributed by atoms with Crippen LogP contribution in [0.15, 0.2) is 30.7 Å². The summed E-state index contributed by atoms with van der Waals surface area (Å²) < 4.78 is 0. The van der Waals surface area contributed by atoms with Crippen molar-refractivity contribution in [2.24, 2.45) is 0 Å². The van der Waals surface area contributed by atoms with E-state index in [1.165, 1.54) is 0 Å². The molecule has 0 saturated heterocycles. The third-order valence-electron chi connectivity index (χ3n) is 2.36. The summed E-state index contributed by atoms with van der Waals surface area (Å²) in [7, 11) is 0. The molecule has 0 bridgehead atoms. The molecular weight excluding hydrogens is 234 g/mol. The van der Waals surface area contributed by atoms with E-state index in [0.717, 1.165) is 22.0 Å². The van der Waals surface area contributed by atoms with Crippen molar-refractivity contribution >= 4 is 11.3 Å². The number of aliphatic hydroxyl groups excluding tert-OH is 1. The van der Waals surface area contributed by atoms with Gasteiger partial charge in [0.15, 0.2) is 0 Å². The highest BCUT2D eigenvalue weighted by molar-refractivity contribution is 7.15. The van der Waals surface area contributed by atoms with E-state index in [1.54, 1.807) is 17.5 Å². The van der Waals surface area contributed by atoms with Crippen molar-refractivity contribution in [3.8, 4) is 10.6 Å². The Bertz CT molecular complexity index is 458. The lowest BCUT2D eigenvalue weighted by molar-refractivity contribution is 0.251. The van der Waals surface area contributed by atoms with Gasteiger partial charge in [-0.1, -0.05) is 0 Å². The zero-order valence-electron chi connectivity index (χ0n) is 9.63. The Morgan fingerprint density at radius 1 is 1.47 bits per heavy atom. The monoisotopic (exact) mass is 249 g/mol. The summed E-state index contributed by atoms with van der Waals surface area (Å²) in [6.07, 6.45) is 5.43. The van der Waals surface area contributed by atoms with Crippen molar-refractivity contribution in [2.75, 3.05) is 6.61 Å². The number of thiazole rings is 1. The molecule has 17 heavy (non-hydrogen) atoms. The molecule has 2 rings (SSSR count). The molecule has 0 spiro atoms. The van der Waals surface area contributed by atoms with Crippen molar-refractivity contribution < 1.29 is 5.11 Å². The van der Waals surface area contributed by atoms with Crippen LogP contribution in [0.5, 0.6) is 0 Å².